The lowest BCUT2D eigenvalue weighted by Crippen LogP contribution is -1.91. The van der Waals surface area contributed by atoms with Crippen LogP contribution in [0.4, 0.5) is 4.79 Å². The standard InChI is InChI=1S/C5H5IO2/c1-2-3-4-8-5(6)7/h4H2,1H3. The van der Waals surface area contributed by atoms with Gasteiger partial charge in [0.1, 0.15) is 0 Å². The maximum Gasteiger partial charge on any atom is 0.368 e. The van der Waals surface area contributed by atoms with E-state index in [0.717, 1.165) is 0 Å². The molecule has 0 unspecified atom stereocenters. The van der Waals surface area contributed by atoms with Crippen LogP contribution in [0, 0.1) is 11.8 Å². The van der Waals surface area contributed by atoms with Gasteiger partial charge in [-0.3, -0.25) is 0 Å². The molecule has 0 aliphatic carbocycles. The average molecular weight is 224 g/mol. The quantitative estimate of drug-likeness (QED) is 0.384. The van der Waals surface area contributed by atoms with Crippen LogP contribution >= 0.6 is 22.6 Å². The Balaban J connectivity index is 3.14. The first kappa shape index (κ1) is 7.76. The summed E-state index contributed by atoms with van der Waals surface area (Å²) >= 11 is 1.55. The maximum atomic E-state index is 10.0. The Bertz CT molecular complexity index is 131. The lowest BCUT2D eigenvalue weighted by Gasteiger charge is -1.87. The van der Waals surface area contributed by atoms with E-state index in [9.17, 15) is 4.79 Å². The van der Waals surface area contributed by atoms with E-state index in [0.29, 0.717) is 0 Å². The molecule has 0 aliphatic rings. The Morgan fingerprint density at radius 2 is 2.50 bits per heavy atom. The minimum atomic E-state index is -0.314. The Labute approximate surface area is 61.7 Å². The molecule has 0 spiro atoms. The number of carbonyl (C=O) groups excluding carboxylic acids is 1. The van der Waals surface area contributed by atoms with Crippen molar-refractivity contribution in [2.45, 2.75) is 6.92 Å². The van der Waals surface area contributed by atoms with Gasteiger partial charge in [-0.25, -0.2) is 4.79 Å². The highest BCUT2D eigenvalue weighted by atomic mass is 127. The number of hydrogen-bond acceptors (Lipinski definition) is 2. The van der Waals surface area contributed by atoms with Crippen molar-refractivity contribution < 1.29 is 9.53 Å². The average Bonchev–Trinajstić information content (AvgIpc) is 1.66. The third-order valence-electron chi connectivity index (χ3n) is 0.435. The SMILES string of the molecule is CC#CCOC(=O)I. The van der Waals surface area contributed by atoms with Gasteiger partial charge in [-0.15, -0.1) is 5.92 Å². The summed E-state index contributed by atoms with van der Waals surface area (Å²) in [4.78, 5) is 10.0. The van der Waals surface area contributed by atoms with Crippen LogP contribution in [-0.4, -0.2) is 10.6 Å². The van der Waals surface area contributed by atoms with E-state index in [-0.39, 0.29) is 10.6 Å². The van der Waals surface area contributed by atoms with Gasteiger partial charge in [0.25, 0.3) is 0 Å². The Morgan fingerprint density at radius 3 is 2.88 bits per heavy atom. The van der Waals surface area contributed by atoms with E-state index in [1.165, 1.54) is 0 Å². The number of ether oxygens (including phenoxy) is 1. The van der Waals surface area contributed by atoms with Crippen molar-refractivity contribution in [2.24, 2.45) is 0 Å². The van der Waals surface area contributed by atoms with Crippen molar-refractivity contribution in [1.82, 2.24) is 0 Å². The summed E-state index contributed by atoms with van der Waals surface area (Å²) in [5, 5.41) is 0. The van der Waals surface area contributed by atoms with Crippen molar-refractivity contribution in [3.05, 3.63) is 0 Å². The molecule has 2 nitrogen and oxygen atoms in total. The van der Waals surface area contributed by atoms with Crippen LogP contribution in [0.2, 0.25) is 0 Å². The molecule has 0 fully saturated rings. The molecule has 0 rings (SSSR count). The Kier molecular flexibility index (Phi) is 4.76. The molecule has 8 heavy (non-hydrogen) atoms. The second-order valence-corrected chi connectivity index (χ2v) is 1.83. The van der Waals surface area contributed by atoms with Gasteiger partial charge in [-0.1, -0.05) is 5.92 Å². The van der Waals surface area contributed by atoms with Crippen LogP contribution in [0.15, 0.2) is 0 Å². The smallest absolute Gasteiger partial charge is 0.368 e. The van der Waals surface area contributed by atoms with E-state index in [4.69, 9.17) is 0 Å². The molecule has 0 amide bonds. The van der Waals surface area contributed by atoms with Crippen molar-refractivity contribution >= 4 is 26.6 Å². The minimum Gasteiger partial charge on any atom is -0.445 e. The third-order valence-corrected chi connectivity index (χ3v) is 0.746. The second-order valence-electron chi connectivity index (χ2n) is 0.953. The van der Waals surface area contributed by atoms with Crippen LogP contribution in [0.5, 0.6) is 0 Å². The zero-order chi connectivity index (χ0) is 6.41. The normalized spacial score (nSPS) is 6.75. The fourth-order valence-corrected chi connectivity index (χ4v) is 0.321. The summed E-state index contributed by atoms with van der Waals surface area (Å²) in [6, 6.07) is 0. The summed E-state index contributed by atoms with van der Waals surface area (Å²) < 4.78 is 4.14. The highest BCUT2D eigenvalue weighted by Gasteiger charge is 1.87. The van der Waals surface area contributed by atoms with E-state index in [1.807, 2.05) is 0 Å². The molecule has 0 bridgehead atoms. The van der Waals surface area contributed by atoms with Gasteiger partial charge in [0.2, 0.25) is 0 Å². The number of carbonyl (C=O) groups is 1. The van der Waals surface area contributed by atoms with Crippen LogP contribution < -0.4 is 0 Å². The Hall–Kier alpha value is -0.240. The molecule has 0 radical (unpaired) electrons. The largest absolute Gasteiger partial charge is 0.445 e. The van der Waals surface area contributed by atoms with E-state index < -0.39 is 0 Å². The van der Waals surface area contributed by atoms with Crippen LogP contribution in [0.1, 0.15) is 6.92 Å². The predicted octanol–water partition coefficient (Wildman–Crippen LogP) is 1.58. The van der Waals surface area contributed by atoms with Crippen molar-refractivity contribution in [3.63, 3.8) is 0 Å². The summed E-state index contributed by atoms with van der Waals surface area (Å²) in [6.45, 7) is 1.90. The highest BCUT2D eigenvalue weighted by Crippen LogP contribution is 1.88. The third kappa shape index (κ3) is 5.76. The molecular weight excluding hydrogens is 219 g/mol. The number of rotatable bonds is 1. The molecule has 0 saturated heterocycles. The Morgan fingerprint density at radius 1 is 1.88 bits per heavy atom. The van der Waals surface area contributed by atoms with Crippen molar-refractivity contribution in [2.75, 3.05) is 6.61 Å². The summed E-state index contributed by atoms with van der Waals surface area (Å²) in [7, 11) is 0. The maximum absolute atomic E-state index is 10.0. The van der Waals surface area contributed by atoms with Gasteiger partial charge in [0.15, 0.2) is 6.61 Å². The molecule has 0 aromatic rings. The van der Waals surface area contributed by atoms with Gasteiger partial charge in [-0.05, 0) is 6.92 Å². The van der Waals surface area contributed by atoms with Crippen LogP contribution in [0.3, 0.4) is 0 Å². The highest BCUT2D eigenvalue weighted by molar-refractivity contribution is 14.1. The summed E-state index contributed by atoms with van der Waals surface area (Å²) in [6.07, 6.45) is 0. The fraction of sp³-hybridized carbons (Fsp3) is 0.400. The van der Waals surface area contributed by atoms with Crippen LogP contribution in [-0.2, 0) is 4.74 Å². The zero-order valence-electron chi connectivity index (χ0n) is 4.40. The van der Waals surface area contributed by atoms with E-state index in [2.05, 4.69) is 16.6 Å². The molecule has 3 heteroatoms. The first-order valence-corrected chi connectivity index (χ1v) is 3.07. The van der Waals surface area contributed by atoms with Crippen LogP contribution in [0.25, 0.3) is 0 Å². The molecular formula is C5H5IO2. The van der Waals surface area contributed by atoms with Gasteiger partial charge in [0, 0.05) is 0 Å². The molecule has 0 aromatic heterocycles. The minimum absolute atomic E-state index is 0.207. The first-order valence-electron chi connectivity index (χ1n) is 1.99. The summed E-state index contributed by atoms with van der Waals surface area (Å²) in [5.41, 5.74) is 0. The number of hydrogen-bond donors (Lipinski definition) is 0. The predicted molar refractivity (Wildman–Crippen MR) is 38.8 cm³/mol. The molecule has 0 aliphatic heterocycles. The lowest BCUT2D eigenvalue weighted by atomic mass is 10.6. The van der Waals surface area contributed by atoms with Gasteiger partial charge >= 0.3 is 3.98 Å². The molecule has 0 heterocycles. The summed E-state index contributed by atoms with van der Waals surface area (Å²) in [5.74, 6) is 5.17. The molecule has 0 N–H and O–H groups in total. The molecule has 44 valence electrons. The monoisotopic (exact) mass is 224 g/mol. The number of halogens is 1. The van der Waals surface area contributed by atoms with Gasteiger partial charge < -0.3 is 4.74 Å². The van der Waals surface area contributed by atoms with E-state index >= 15 is 0 Å². The van der Waals surface area contributed by atoms with Crippen molar-refractivity contribution in [3.8, 4) is 11.8 Å². The molecule has 0 atom stereocenters. The molecule has 0 aromatic carbocycles. The lowest BCUT2D eigenvalue weighted by molar-refractivity contribution is 0.193. The second kappa shape index (κ2) is 4.91. The fourth-order valence-electron chi connectivity index (χ4n) is 0.165. The van der Waals surface area contributed by atoms with Gasteiger partial charge in [-0.2, -0.15) is 0 Å². The topological polar surface area (TPSA) is 26.3 Å². The first-order chi connectivity index (χ1) is 3.77. The van der Waals surface area contributed by atoms with Gasteiger partial charge in [0.05, 0.1) is 22.6 Å². The zero-order valence-corrected chi connectivity index (χ0v) is 6.56. The van der Waals surface area contributed by atoms with E-state index in [1.54, 1.807) is 29.5 Å². The van der Waals surface area contributed by atoms with Crippen molar-refractivity contribution in [1.29, 1.82) is 0 Å². The molecule has 0 saturated carbocycles.